The van der Waals surface area contributed by atoms with Crippen LogP contribution in [0.2, 0.25) is 0 Å². The van der Waals surface area contributed by atoms with Gasteiger partial charge in [-0.25, -0.2) is 0 Å². The maximum Gasteiger partial charge on any atom is 0.223 e. The molecule has 2 heterocycles. The van der Waals surface area contributed by atoms with E-state index in [1.165, 1.54) is 0 Å². The molecule has 27 heavy (non-hydrogen) atoms. The standard InChI is InChI=1S/C22H30N2O3/c1-16(25)23-13-10-18(11-14-23)6-9-22(27)20-7-8-21-19(15-20)5-3-4-12-24(21)17(2)26/h7-8,15,18H,3-6,9-14H2,1-2H3. The van der Waals surface area contributed by atoms with E-state index >= 15 is 0 Å². The van der Waals surface area contributed by atoms with Crippen molar-refractivity contribution in [2.75, 3.05) is 24.5 Å². The van der Waals surface area contributed by atoms with Gasteiger partial charge in [0.2, 0.25) is 11.8 Å². The van der Waals surface area contributed by atoms with Crippen molar-refractivity contribution in [3.05, 3.63) is 29.3 Å². The van der Waals surface area contributed by atoms with E-state index in [1.54, 1.807) is 13.8 Å². The van der Waals surface area contributed by atoms with Crippen LogP contribution >= 0.6 is 0 Å². The molecule has 0 unspecified atom stereocenters. The molecule has 0 spiro atoms. The van der Waals surface area contributed by atoms with Crippen molar-refractivity contribution >= 4 is 23.3 Å². The van der Waals surface area contributed by atoms with E-state index in [9.17, 15) is 14.4 Å². The molecule has 146 valence electrons. The molecule has 1 aromatic carbocycles. The molecular formula is C22H30N2O3. The predicted molar refractivity (Wildman–Crippen MR) is 106 cm³/mol. The van der Waals surface area contributed by atoms with Gasteiger partial charge in [0.05, 0.1) is 0 Å². The maximum atomic E-state index is 12.7. The first kappa shape index (κ1) is 19.6. The predicted octanol–water partition coefficient (Wildman–Crippen LogP) is 3.60. The van der Waals surface area contributed by atoms with Gasteiger partial charge in [-0.1, -0.05) is 0 Å². The van der Waals surface area contributed by atoms with Crippen LogP contribution in [0.4, 0.5) is 5.69 Å². The fraction of sp³-hybridized carbons (Fsp3) is 0.591. The molecule has 0 saturated carbocycles. The molecule has 2 aliphatic heterocycles. The van der Waals surface area contributed by atoms with Gasteiger partial charge < -0.3 is 9.80 Å². The highest BCUT2D eigenvalue weighted by molar-refractivity contribution is 5.98. The fourth-order valence-electron chi connectivity index (χ4n) is 4.27. The summed E-state index contributed by atoms with van der Waals surface area (Å²) in [7, 11) is 0. The van der Waals surface area contributed by atoms with E-state index in [0.717, 1.165) is 75.0 Å². The van der Waals surface area contributed by atoms with Gasteiger partial charge in [0.15, 0.2) is 5.78 Å². The van der Waals surface area contributed by atoms with Crippen LogP contribution in [0.25, 0.3) is 0 Å². The van der Waals surface area contributed by atoms with Crippen LogP contribution in [0.5, 0.6) is 0 Å². The number of fused-ring (bicyclic) bond motifs is 1. The van der Waals surface area contributed by atoms with Crippen molar-refractivity contribution in [2.24, 2.45) is 5.92 Å². The third-order valence-corrected chi connectivity index (χ3v) is 5.99. The average molecular weight is 370 g/mol. The Hall–Kier alpha value is -2.17. The number of anilines is 1. The number of benzene rings is 1. The van der Waals surface area contributed by atoms with Gasteiger partial charge in [-0.3, -0.25) is 14.4 Å². The maximum absolute atomic E-state index is 12.7. The number of likely N-dealkylation sites (tertiary alicyclic amines) is 1. The van der Waals surface area contributed by atoms with E-state index in [-0.39, 0.29) is 17.6 Å². The molecule has 0 N–H and O–H groups in total. The Labute approximate surface area is 161 Å². The highest BCUT2D eigenvalue weighted by atomic mass is 16.2. The molecule has 1 aromatic rings. The first-order chi connectivity index (χ1) is 13.0. The number of aryl methyl sites for hydroxylation is 1. The molecule has 1 saturated heterocycles. The van der Waals surface area contributed by atoms with Gasteiger partial charge in [-0.05, 0) is 68.2 Å². The lowest BCUT2D eigenvalue weighted by molar-refractivity contribution is -0.130. The quantitative estimate of drug-likeness (QED) is 0.761. The van der Waals surface area contributed by atoms with Gasteiger partial charge in [0, 0.05) is 51.2 Å². The minimum atomic E-state index is 0.0640. The van der Waals surface area contributed by atoms with E-state index in [0.29, 0.717) is 12.3 Å². The van der Waals surface area contributed by atoms with Crippen molar-refractivity contribution in [3.8, 4) is 0 Å². The Morgan fingerprint density at radius 2 is 1.74 bits per heavy atom. The Bertz CT molecular complexity index is 720. The monoisotopic (exact) mass is 370 g/mol. The molecule has 0 atom stereocenters. The number of piperidine rings is 1. The number of hydrogen-bond acceptors (Lipinski definition) is 3. The first-order valence-corrected chi connectivity index (χ1v) is 10.2. The highest BCUT2D eigenvalue weighted by Gasteiger charge is 2.23. The van der Waals surface area contributed by atoms with Gasteiger partial charge >= 0.3 is 0 Å². The van der Waals surface area contributed by atoms with E-state index in [1.807, 2.05) is 28.0 Å². The second-order valence-electron chi connectivity index (χ2n) is 7.88. The molecule has 1 fully saturated rings. The van der Waals surface area contributed by atoms with Crippen LogP contribution in [0, 0.1) is 5.92 Å². The van der Waals surface area contributed by atoms with E-state index in [4.69, 9.17) is 0 Å². The summed E-state index contributed by atoms with van der Waals surface area (Å²) in [6.07, 6.45) is 6.39. The lowest BCUT2D eigenvalue weighted by Crippen LogP contribution is -2.37. The first-order valence-electron chi connectivity index (χ1n) is 10.2. The van der Waals surface area contributed by atoms with Crippen molar-refractivity contribution < 1.29 is 14.4 Å². The smallest absolute Gasteiger partial charge is 0.223 e. The molecule has 2 amide bonds. The van der Waals surface area contributed by atoms with Gasteiger partial charge in [0.1, 0.15) is 0 Å². The van der Waals surface area contributed by atoms with Crippen LogP contribution in [0.3, 0.4) is 0 Å². The summed E-state index contributed by atoms with van der Waals surface area (Å²) in [6, 6.07) is 5.82. The third-order valence-electron chi connectivity index (χ3n) is 5.99. The summed E-state index contributed by atoms with van der Waals surface area (Å²) in [4.78, 5) is 39.8. The number of hydrogen-bond donors (Lipinski definition) is 0. The summed E-state index contributed by atoms with van der Waals surface area (Å²) in [5.41, 5.74) is 2.84. The molecule has 0 aromatic heterocycles. The largest absolute Gasteiger partial charge is 0.343 e. The van der Waals surface area contributed by atoms with Crippen LogP contribution in [-0.4, -0.2) is 42.1 Å². The number of amides is 2. The Morgan fingerprint density at radius 1 is 1.00 bits per heavy atom. The topological polar surface area (TPSA) is 57.7 Å². The summed E-state index contributed by atoms with van der Waals surface area (Å²) in [6.45, 7) is 5.61. The highest BCUT2D eigenvalue weighted by Crippen LogP contribution is 2.29. The SMILES string of the molecule is CC(=O)N1CCC(CCC(=O)c2ccc3c(c2)CCCCN3C(C)=O)CC1. The summed E-state index contributed by atoms with van der Waals surface area (Å²) >= 11 is 0. The summed E-state index contributed by atoms with van der Waals surface area (Å²) in [5.74, 6) is 0.923. The fourth-order valence-corrected chi connectivity index (χ4v) is 4.27. The van der Waals surface area contributed by atoms with Crippen molar-refractivity contribution in [2.45, 2.75) is 58.8 Å². The number of carbonyl (C=O) groups excluding carboxylic acids is 3. The zero-order valence-corrected chi connectivity index (χ0v) is 16.5. The summed E-state index contributed by atoms with van der Waals surface area (Å²) < 4.78 is 0. The van der Waals surface area contributed by atoms with Crippen LogP contribution in [0.15, 0.2) is 18.2 Å². The van der Waals surface area contributed by atoms with Gasteiger partial charge in [0.25, 0.3) is 0 Å². The van der Waals surface area contributed by atoms with Gasteiger partial charge in [-0.2, -0.15) is 0 Å². The minimum absolute atomic E-state index is 0.0640. The number of nitrogens with zero attached hydrogens (tertiary/aromatic N) is 2. The summed E-state index contributed by atoms with van der Waals surface area (Å²) in [5, 5.41) is 0. The van der Waals surface area contributed by atoms with E-state index < -0.39 is 0 Å². The minimum Gasteiger partial charge on any atom is -0.343 e. The van der Waals surface area contributed by atoms with Crippen LogP contribution < -0.4 is 4.90 Å². The van der Waals surface area contributed by atoms with Gasteiger partial charge in [-0.15, -0.1) is 0 Å². The second-order valence-corrected chi connectivity index (χ2v) is 7.88. The lowest BCUT2D eigenvalue weighted by atomic mass is 9.90. The molecule has 0 aliphatic carbocycles. The van der Waals surface area contributed by atoms with Crippen molar-refractivity contribution in [3.63, 3.8) is 0 Å². The third kappa shape index (κ3) is 4.76. The molecule has 2 aliphatic rings. The van der Waals surface area contributed by atoms with Crippen LogP contribution in [-0.2, 0) is 16.0 Å². The zero-order valence-electron chi connectivity index (χ0n) is 16.5. The molecule has 5 nitrogen and oxygen atoms in total. The Balaban J connectivity index is 1.60. The Morgan fingerprint density at radius 3 is 2.41 bits per heavy atom. The number of carbonyl (C=O) groups is 3. The second kappa shape index (κ2) is 8.68. The number of rotatable bonds is 4. The number of ketones is 1. The van der Waals surface area contributed by atoms with Crippen molar-refractivity contribution in [1.29, 1.82) is 0 Å². The number of Topliss-reactive ketones (excluding diaryl/α,β-unsaturated/α-hetero) is 1. The van der Waals surface area contributed by atoms with Crippen LogP contribution in [0.1, 0.15) is 68.3 Å². The molecule has 0 bridgehead atoms. The van der Waals surface area contributed by atoms with E-state index in [2.05, 4.69) is 0 Å². The molecule has 0 radical (unpaired) electrons. The molecular weight excluding hydrogens is 340 g/mol. The molecule has 3 rings (SSSR count). The lowest BCUT2D eigenvalue weighted by Gasteiger charge is -2.31. The molecule has 5 heteroatoms. The normalized spacial score (nSPS) is 18.0. The van der Waals surface area contributed by atoms with Crippen molar-refractivity contribution in [1.82, 2.24) is 4.90 Å². The average Bonchev–Trinajstić information content (AvgIpc) is 2.88. The Kier molecular flexibility index (Phi) is 6.30. The zero-order chi connectivity index (χ0) is 19.4.